The predicted octanol–water partition coefficient (Wildman–Crippen LogP) is 7.63. The minimum Gasteiger partial charge on any atom is -0.464 e. The number of ether oxygens (including phenoxy) is 2. The van der Waals surface area contributed by atoms with Gasteiger partial charge < -0.3 is 9.47 Å². The molecule has 43 heavy (non-hydrogen) atoms. The standard InChI is InChI=1S/C33H33ClN4O4S/c1-7-41-32(40)28(42-33(3,4)5)26-18(2)16-23-29(27(26)19-8-11-21(34)12-9-19)43-31(35-23)20-10-13-24-22(17-20)30(36-37(24)6)38-15-14-25(38)39/h8-13,16-17,28H,7,14-15H2,1-6H3/t28-/m0/s1. The molecule has 0 N–H and O–H groups in total. The molecule has 10 heteroatoms. The van der Waals surface area contributed by atoms with Gasteiger partial charge in [-0.3, -0.25) is 14.4 Å². The number of carbonyl (C=O) groups excluding carboxylic acids is 2. The van der Waals surface area contributed by atoms with E-state index in [4.69, 9.17) is 26.1 Å². The molecule has 5 aromatic rings. The van der Waals surface area contributed by atoms with E-state index in [-0.39, 0.29) is 12.5 Å². The summed E-state index contributed by atoms with van der Waals surface area (Å²) in [6.45, 7) is 10.5. The fourth-order valence-corrected chi connectivity index (χ4v) is 6.74. The van der Waals surface area contributed by atoms with Crippen LogP contribution >= 0.6 is 22.9 Å². The van der Waals surface area contributed by atoms with Crippen LogP contribution in [0.5, 0.6) is 0 Å². The zero-order valence-electron chi connectivity index (χ0n) is 25.0. The first-order chi connectivity index (χ1) is 20.4. The Morgan fingerprint density at radius 3 is 2.47 bits per heavy atom. The molecule has 0 unspecified atom stereocenters. The summed E-state index contributed by atoms with van der Waals surface area (Å²) >= 11 is 7.83. The lowest BCUT2D eigenvalue weighted by Crippen LogP contribution is -2.43. The van der Waals surface area contributed by atoms with Crippen molar-refractivity contribution >= 4 is 61.8 Å². The minimum atomic E-state index is -0.941. The molecule has 8 nitrogen and oxygen atoms in total. The fraction of sp³-hybridized carbons (Fsp3) is 0.333. The molecule has 1 amide bonds. The average molecular weight is 617 g/mol. The van der Waals surface area contributed by atoms with Gasteiger partial charge in [-0.25, -0.2) is 9.78 Å². The van der Waals surface area contributed by atoms with E-state index in [2.05, 4.69) is 11.2 Å². The molecule has 0 bridgehead atoms. The molecule has 222 valence electrons. The van der Waals surface area contributed by atoms with Crippen LogP contribution in [-0.2, 0) is 26.1 Å². The van der Waals surface area contributed by atoms with Gasteiger partial charge in [-0.15, -0.1) is 11.3 Å². The molecule has 0 radical (unpaired) electrons. The molecule has 2 aromatic heterocycles. The third-order valence-corrected chi connectivity index (χ3v) is 8.87. The van der Waals surface area contributed by atoms with Crippen molar-refractivity contribution < 1.29 is 19.1 Å². The first kappa shape index (κ1) is 29.3. The maximum absolute atomic E-state index is 13.4. The topological polar surface area (TPSA) is 86.6 Å². The molecule has 3 heterocycles. The highest BCUT2D eigenvalue weighted by atomic mass is 35.5. The second-order valence-corrected chi connectivity index (χ2v) is 13.1. The van der Waals surface area contributed by atoms with Crippen molar-refractivity contribution in [1.29, 1.82) is 0 Å². The number of amides is 1. The van der Waals surface area contributed by atoms with Gasteiger partial charge in [-0.1, -0.05) is 23.7 Å². The number of hydrogen-bond donors (Lipinski definition) is 0. The van der Waals surface area contributed by atoms with Crippen molar-refractivity contribution in [2.24, 2.45) is 7.05 Å². The number of β-lactam (4-membered cyclic amide) rings is 1. The normalized spacial score (nSPS) is 14.4. The van der Waals surface area contributed by atoms with Gasteiger partial charge in [0.2, 0.25) is 5.91 Å². The highest BCUT2D eigenvalue weighted by molar-refractivity contribution is 7.22. The summed E-state index contributed by atoms with van der Waals surface area (Å²) < 4.78 is 14.6. The van der Waals surface area contributed by atoms with Gasteiger partial charge in [0.15, 0.2) is 11.9 Å². The SMILES string of the molecule is CCOC(=O)[C@@H](OC(C)(C)C)c1c(C)cc2nc(-c3ccc4c(c3)c(N3CCC3=O)nn4C)sc2c1-c1ccc(Cl)cc1. The number of rotatable bonds is 7. The summed E-state index contributed by atoms with van der Waals surface area (Å²) in [5, 5.41) is 6.98. The van der Waals surface area contributed by atoms with E-state index in [1.54, 1.807) is 27.8 Å². The molecule has 1 fully saturated rings. The Labute approximate surface area is 259 Å². The van der Waals surface area contributed by atoms with Gasteiger partial charge in [0, 0.05) is 47.1 Å². The Morgan fingerprint density at radius 1 is 1.12 bits per heavy atom. The lowest BCUT2D eigenvalue weighted by atomic mass is 9.91. The van der Waals surface area contributed by atoms with Crippen LogP contribution in [0.1, 0.15) is 51.3 Å². The van der Waals surface area contributed by atoms with Crippen LogP contribution in [0.2, 0.25) is 5.02 Å². The molecular formula is C33H33ClN4O4S. The summed E-state index contributed by atoms with van der Waals surface area (Å²) in [5.74, 6) is 0.317. The Kier molecular flexibility index (Phi) is 7.52. The first-order valence-electron chi connectivity index (χ1n) is 14.3. The summed E-state index contributed by atoms with van der Waals surface area (Å²) in [6, 6.07) is 15.7. The van der Waals surface area contributed by atoms with E-state index in [1.165, 1.54) is 0 Å². The van der Waals surface area contributed by atoms with Crippen LogP contribution in [0.15, 0.2) is 48.5 Å². The Hall–Kier alpha value is -3.79. The first-order valence-corrected chi connectivity index (χ1v) is 15.5. The molecule has 0 saturated carbocycles. The Bertz CT molecular complexity index is 1890. The highest BCUT2D eigenvalue weighted by Gasteiger charge is 2.34. The molecule has 1 aliphatic rings. The molecule has 3 aromatic carbocycles. The Morgan fingerprint density at radius 2 is 1.84 bits per heavy atom. The van der Waals surface area contributed by atoms with Gasteiger partial charge >= 0.3 is 5.97 Å². The molecule has 1 atom stereocenters. The summed E-state index contributed by atoms with van der Waals surface area (Å²) in [5.41, 5.74) is 5.46. The van der Waals surface area contributed by atoms with Crippen LogP contribution in [0.4, 0.5) is 5.82 Å². The van der Waals surface area contributed by atoms with Crippen molar-refractivity contribution in [3.8, 4) is 21.7 Å². The monoisotopic (exact) mass is 616 g/mol. The minimum absolute atomic E-state index is 0.0784. The molecule has 1 saturated heterocycles. The number of aromatic nitrogens is 3. The van der Waals surface area contributed by atoms with Crippen molar-refractivity contribution in [2.75, 3.05) is 18.1 Å². The zero-order valence-corrected chi connectivity index (χ0v) is 26.6. The van der Waals surface area contributed by atoms with Crippen molar-refractivity contribution in [2.45, 2.75) is 52.7 Å². The van der Waals surface area contributed by atoms with E-state index in [0.717, 1.165) is 53.9 Å². The second-order valence-electron chi connectivity index (χ2n) is 11.7. The molecule has 0 aliphatic carbocycles. The van der Waals surface area contributed by atoms with Gasteiger partial charge in [-0.05, 0) is 82.1 Å². The predicted molar refractivity (Wildman–Crippen MR) is 172 cm³/mol. The number of fused-ring (bicyclic) bond motifs is 2. The third kappa shape index (κ3) is 5.41. The number of benzene rings is 3. The highest BCUT2D eigenvalue weighted by Crippen LogP contribution is 2.45. The van der Waals surface area contributed by atoms with Crippen LogP contribution in [0.25, 0.3) is 42.8 Å². The van der Waals surface area contributed by atoms with Crippen LogP contribution < -0.4 is 4.90 Å². The maximum Gasteiger partial charge on any atom is 0.339 e. The number of hydrogen-bond acceptors (Lipinski definition) is 7. The van der Waals surface area contributed by atoms with Crippen LogP contribution in [0, 0.1) is 6.92 Å². The van der Waals surface area contributed by atoms with Crippen molar-refractivity contribution in [1.82, 2.24) is 14.8 Å². The van der Waals surface area contributed by atoms with E-state index >= 15 is 0 Å². The molecule has 1 aliphatic heterocycles. The summed E-state index contributed by atoms with van der Waals surface area (Å²) in [7, 11) is 1.88. The number of thiazole rings is 1. The smallest absolute Gasteiger partial charge is 0.339 e. The number of aryl methyl sites for hydroxylation is 2. The van der Waals surface area contributed by atoms with Gasteiger partial charge in [0.25, 0.3) is 0 Å². The number of halogens is 1. The van der Waals surface area contributed by atoms with Gasteiger partial charge in [0.1, 0.15) is 5.01 Å². The summed E-state index contributed by atoms with van der Waals surface area (Å²) in [6.07, 6.45) is -0.403. The number of esters is 1. The largest absolute Gasteiger partial charge is 0.464 e. The maximum atomic E-state index is 13.4. The average Bonchev–Trinajstić information content (AvgIpc) is 3.51. The van der Waals surface area contributed by atoms with E-state index in [0.29, 0.717) is 23.8 Å². The second kappa shape index (κ2) is 11.0. The zero-order chi connectivity index (χ0) is 30.6. The van der Waals surface area contributed by atoms with Crippen molar-refractivity contribution in [3.05, 3.63) is 64.7 Å². The molecular weight excluding hydrogens is 584 g/mol. The fourth-order valence-electron chi connectivity index (χ4n) is 5.49. The number of nitrogens with zero attached hydrogens (tertiary/aromatic N) is 4. The number of anilines is 1. The molecule has 6 rings (SSSR count). The lowest BCUT2D eigenvalue weighted by Gasteiger charge is -2.29. The van der Waals surface area contributed by atoms with Crippen molar-refractivity contribution in [3.63, 3.8) is 0 Å². The summed E-state index contributed by atoms with van der Waals surface area (Å²) in [4.78, 5) is 32.5. The van der Waals surface area contributed by atoms with Gasteiger partial charge in [-0.2, -0.15) is 5.10 Å². The van der Waals surface area contributed by atoms with Gasteiger partial charge in [0.05, 0.1) is 27.9 Å². The number of carbonyl (C=O) groups is 2. The van der Waals surface area contributed by atoms with Crippen LogP contribution in [-0.4, -0.2) is 45.4 Å². The third-order valence-electron chi connectivity index (χ3n) is 7.48. The quantitative estimate of drug-likeness (QED) is 0.138. The van der Waals surface area contributed by atoms with E-state index < -0.39 is 17.7 Å². The molecule has 0 spiro atoms. The van der Waals surface area contributed by atoms with E-state index in [1.807, 2.05) is 77.2 Å². The Balaban J connectivity index is 1.57. The van der Waals surface area contributed by atoms with E-state index in [9.17, 15) is 9.59 Å². The lowest BCUT2D eigenvalue weighted by molar-refractivity contribution is -0.166. The van der Waals surface area contributed by atoms with Crippen LogP contribution in [0.3, 0.4) is 0 Å².